The molecule has 0 radical (unpaired) electrons. The average molecular weight is 454 g/mol. The highest BCUT2D eigenvalue weighted by Crippen LogP contribution is 2.41. The number of carbonyl (C=O) groups is 1. The number of rotatable bonds is 5. The van der Waals surface area contributed by atoms with Gasteiger partial charge in [0.1, 0.15) is 16.0 Å². The van der Waals surface area contributed by atoms with E-state index >= 15 is 0 Å². The predicted molar refractivity (Wildman–Crippen MR) is 131 cm³/mol. The number of imidazole rings is 1. The molecule has 0 aliphatic heterocycles. The number of aromatic nitrogens is 2. The van der Waals surface area contributed by atoms with Crippen LogP contribution in [0, 0.1) is 25.2 Å². The summed E-state index contributed by atoms with van der Waals surface area (Å²) in [6.45, 7) is 4.13. The number of benzene rings is 2. The standard InChI is InChI=1S/C26H19N3OS2/c1-16-12-17(2)25-28-21-22(29(25)14-16)26(31-15-19-10-8-18(13-27)9-11-19)32-24(21)23(30)20-6-4-3-5-7-20/h3-12,14H,15H2,1-2H3. The van der Waals surface area contributed by atoms with E-state index in [2.05, 4.69) is 36.6 Å². The molecule has 0 aliphatic rings. The molecule has 6 heteroatoms. The fourth-order valence-corrected chi connectivity index (χ4v) is 6.23. The molecule has 0 unspecified atom stereocenters. The van der Waals surface area contributed by atoms with Gasteiger partial charge in [-0.25, -0.2) is 4.98 Å². The molecule has 0 fully saturated rings. The lowest BCUT2D eigenvalue weighted by Gasteiger charge is -2.04. The summed E-state index contributed by atoms with van der Waals surface area (Å²) in [5.74, 6) is 0.752. The van der Waals surface area contributed by atoms with Crippen molar-refractivity contribution in [2.45, 2.75) is 23.8 Å². The first-order chi connectivity index (χ1) is 15.5. The average Bonchev–Trinajstić information content (AvgIpc) is 3.36. The molecule has 156 valence electrons. The van der Waals surface area contributed by atoms with Gasteiger partial charge in [-0.2, -0.15) is 5.26 Å². The number of ketones is 1. The highest BCUT2D eigenvalue weighted by Gasteiger charge is 2.24. The van der Waals surface area contributed by atoms with Gasteiger partial charge in [0.25, 0.3) is 0 Å². The lowest BCUT2D eigenvalue weighted by molar-refractivity contribution is 0.104. The van der Waals surface area contributed by atoms with Crippen LogP contribution in [0.1, 0.15) is 37.5 Å². The maximum absolute atomic E-state index is 13.4. The molecule has 2 aromatic carbocycles. The van der Waals surface area contributed by atoms with Gasteiger partial charge in [-0.1, -0.05) is 48.5 Å². The van der Waals surface area contributed by atoms with Crippen molar-refractivity contribution in [1.82, 2.24) is 9.38 Å². The second-order valence-electron chi connectivity index (χ2n) is 7.71. The summed E-state index contributed by atoms with van der Waals surface area (Å²) in [5, 5.41) is 9.03. The van der Waals surface area contributed by atoms with Gasteiger partial charge in [0.2, 0.25) is 5.78 Å². The number of thioether (sulfide) groups is 1. The van der Waals surface area contributed by atoms with Gasteiger partial charge in [-0.3, -0.25) is 9.20 Å². The zero-order valence-electron chi connectivity index (χ0n) is 17.6. The maximum atomic E-state index is 13.4. The Bertz CT molecular complexity index is 1510. The number of carbonyl (C=O) groups excluding carboxylic acids is 1. The van der Waals surface area contributed by atoms with Crippen LogP contribution < -0.4 is 0 Å². The Morgan fingerprint density at radius 2 is 1.88 bits per heavy atom. The van der Waals surface area contributed by atoms with Crippen LogP contribution in [-0.4, -0.2) is 15.2 Å². The zero-order chi connectivity index (χ0) is 22.2. The molecule has 0 bridgehead atoms. The fourth-order valence-electron chi connectivity index (χ4n) is 3.82. The summed E-state index contributed by atoms with van der Waals surface area (Å²) in [7, 11) is 0. The van der Waals surface area contributed by atoms with Gasteiger partial charge in [-0.05, 0) is 42.7 Å². The summed E-state index contributed by atoms with van der Waals surface area (Å²) >= 11 is 3.22. The molecule has 0 saturated carbocycles. The molecule has 3 heterocycles. The number of aryl methyl sites for hydroxylation is 2. The third kappa shape index (κ3) is 3.60. The zero-order valence-corrected chi connectivity index (χ0v) is 19.3. The van der Waals surface area contributed by atoms with Crippen molar-refractivity contribution in [2.24, 2.45) is 0 Å². The van der Waals surface area contributed by atoms with Crippen molar-refractivity contribution in [2.75, 3.05) is 0 Å². The third-order valence-electron chi connectivity index (χ3n) is 5.34. The van der Waals surface area contributed by atoms with E-state index in [0.29, 0.717) is 16.0 Å². The summed E-state index contributed by atoms with van der Waals surface area (Å²) in [5.41, 5.74) is 7.34. The van der Waals surface area contributed by atoms with E-state index in [0.717, 1.165) is 43.3 Å². The van der Waals surface area contributed by atoms with Crippen LogP contribution in [-0.2, 0) is 5.75 Å². The van der Waals surface area contributed by atoms with Crippen LogP contribution in [0.25, 0.3) is 16.7 Å². The van der Waals surface area contributed by atoms with E-state index in [1.165, 1.54) is 11.3 Å². The SMILES string of the molecule is Cc1cc(C)c2nc3c(C(=O)c4ccccc4)sc(SCc4ccc(C#N)cc4)c3n2c1. The molecule has 3 aromatic heterocycles. The Labute approximate surface area is 194 Å². The lowest BCUT2D eigenvalue weighted by Crippen LogP contribution is -1.98. The number of pyridine rings is 1. The van der Waals surface area contributed by atoms with Crippen LogP contribution in [0.3, 0.4) is 0 Å². The van der Waals surface area contributed by atoms with E-state index in [-0.39, 0.29) is 5.78 Å². The van der Waals surface area contributed by atoms with E-state index in [1.807, 2.05) is 54.6 Å². The highest BCUT2D eigenvalue weighted by molar-refractivity contribution is 8.00. The van der Waals surface area contributed by atoms with E-state index < -0.39 is 0 Å². The van der Waals surface area contributed by atoms with Crippen molar-refractivity contribution < 1.29 is 4.79 Å². The number of hydrogen-bond donors (Lipinski definition) is 0. The minimum absolute atomic E-state index is 0.00334. The van der Waals surface area contributed by atoms with Crippen LogP contribution in [0.4, 0.5) is 0 Å². The molecule has 5 rings (SSSR count). The van der Waals surface area contributed by atoms with E-state index in [4.69, 9.17) is 10.2 Å². The third-order valence-corrected chi connectivity index (χ3v) is 7.84. The maximum Gasteiger partial charge on any atom is 0.205 e. The fraction of sp³-hybridized carbons (Fsp3) is 0.115. The van der Waals surface area contributed by atoms with Crippen LogP contribution in [0.5, 0.6) is 0 Å². The summed E-state index contributed by atoms with van der Waals surface area (Å²) in [6.07, 6.45) is 2.09. The number of hydrogen-bond acceptors (Lipinski definition) is 5. The number of fused-ring (bicyclic) bond motifs is 3. The molecular weight excluding hydrogens is 434 g/mol. The molecule has 32 heavy (non-hydrogen) atoms. The van der Waals surface area contributed by atoms with Gasteiger partial charge in [0.05, 0.1) is 21.4 Å². The van der Waals surface area contributed by atoms with Crippen molar-refractivity contribution >= 4 is 45.6 Å². The molecule has 4 nitrogen and oxygen atoms in total. The highest BCUT2D eigenvalue weighted by atomic mass is 32.2. The number of nitrogens with zero attached hydrogens (tertiary/aromatic N) is 3. The molecule has 0 amide bonds. The summed E-state index contributed by atoms with van der Waals surface area (Å²) in [6, 6.07) is 21.3. The Morgan fingerprint density at radius 3 is 2.59 bits per heavy atom. The van der Waals surface area contributed by atoms with Gasteiger partial charge in [0.15, 0.2) is 0 Å². The lowest BCUT2D eigenvalue weighted by atomic mass is 10.1. The minimum Gasteiger partial charge on any atom is -0.297 e. The molecule has 0 saturated heterocycles. The molecular formula is C26H19N3OS2. The smallest absolute Gasteiger partial charge is 0.205 e. The molecule has 0 atom stereocenters. The van der Waals surface area contributed by atoms with Crippen molar-refractivity contribution in [3.8, 4) is 6.07 Å². The predicted octanol–water partition coefficient (Wildman–Crippen LogP) is 6.56. The van der Waals surface area contributed by atoms with Gasteiger partial charge >= 0.3 is 0 Å². The van der Waals surface area contributed by atoms with Crippen LogP contribution in [0.2, 0.25) is 0 Å². The Balaban J connectivity index is 1.63. The van der Waals surface area contributed by atoms with Gasteiger partial charge < -0.3 is 0 Å². The number of nitriles is 1. The first kappa shape index (κ1) is 20.5. The first-order valence-electron chi connectivity index (χ1n) is 10.2. The summed E-state index contributed by atoms with van der Waals surface area (Å²) < 4.78 is 3.19. The summed E-state index contributed by atoms with van der Waals surface area (Å²) in [4.78, 5) is 18.9. The Kier molecular flexibility index (Phi) is 5.30. The molecule has 0 spiro atoms. The normalized spacial score (nSPS) is 11.2. The van der Waals surface area contributed by atoms with E-state index in [1.54, 1.807) is 11.8 Å². The van der Waals surface area contributed by atoms with Crippen molar-refractivity contribution in [3.05, 3.63) is 99.6 Å². The van der Waals surface area contributed by atoms with Crippen LogP contribution in [0.15, 0.2) is 71.1 Å². The van der Waals surface area contributed by atoms with Crippen molar-refractivity contribution in [3.63, 3.8) is 0 Å². The largest absolute Gasteiger partial charge is 0.297 e. The monoisotopic (exact) mass is 453 g/mol. The topological polar surface area (TPSA) is 58.2 Å². The molecule has 0 N–H and O–H groups in total. The minimum atomic E-state index is 0.00334. The van der Waals surface area contributed by atoms with Gasteiger partial charge in [-0.15, -0.1) is 23.1 Å². The molecule has 5 aromatic rings. The Hall–Kier alpha value is -3.40. The van der Waals surface area contributed by atoms with Crippen LogP contribution >= 0.6 is 23.1 Å². The van der Waals surface area contributed by atoms with Crippen molar-refractivity contribution in [1.29, 1.82) is 5.26 Å². The second kappa shape index (κ2) is 8.27. The van der Waals surface area contributed by atoms with Gasteiger partial charge in [0, 0.05) is 17.5 Å². The Morgan fingerprint density at radius 1 is 1.12 bits per heavy atom. The second-order valence-corrected chi connectivity index (χ2v) is 9.98. The van der Waals surface area contributed by atoms with E-state index in [9.17, 15) is 4.79 Å². The first-order valence-corrected chi connectivity index (χ1v) is 12.0. The quantitative estimate of drug-likeness (QED) is 0.223. The number of thiophene rings is 1. The molecule has 0 aliphatic carbocycles.